The molecule has 0 aliphatic heterocycles. The van der Waals surface area contributed by atoms with Gasteiger partial charge in [0.15, 0.2) is 0 Å². The minimum atomic E-state index is 0.676. The molecule has 0 bridgehead atoms. The Morgan fingerprint density at radius 1 is 1.06 bits per heavy atom. The van der Waals surface area contributed by atoms with E-state index >= 15 is 0 Å². The van der Waals surface area contributed by atoms with Crippen LogP contribution in [0.25, 0.3) is 0 Å². The molecule has 0 aromatic rings. The van der Waals surface area contributed by atoms with Gasteiger partial charge in [-0.1, -0.05) is 34.1 Å². The molecule has 17 heavy (non-hydrogen) atoms. The van der Waals surface area contributed by atoms with Gasteiger partial charge in [0.05, 0.1) is 0 Å². The van der Waals surface area contributed by atoms with Crippen LogP contribution in [0.5, 0.6) is 0 Å². The molecule has 0 heterocycles. The fraction of sp³-hybridized carbons (Fsp3) is 1.00. The normalized spacial score (nSPS) is 17.1. The third-order valence-corrected chi connectivity index (χ3v) is 3.99. The molecule has 0 aromatic heterocycles. The summed E-state index contributed by atoms with van der Waals surface area (Å²) in [4.78, 5) is 2.70. The van der Waals surface area contributed by atoms with Gasteiger partial charge < -0.3 is 5.32 Å². The van der Waals surface area contributed by atoms with Gasteiger partial charge in [-0.3, -0.25) is 4.90 Å². The summed E-state index contributed by atoms with van der Waals surface area (Å²) in [6.45, 7) is 17.4. The Balaban J connectivity index is 4.33. The lowest BCUT2D eigenvalue weighted by atomic mass is 9.99. The van der Waals surface area contributed by atoms with E-state index in [0.717, 1.165) is 19.0 Å². The zero-order valence-electron chi connectivity index (χ0n) is 12.9. The van der Waals surface area contributed by atoms with Gasteiger partial charge in [0.2, 0.25) is 0 Å². The van der Waals surface area contributed by atoms with Gasteiger partial charge in [-0.2, -0.15) is 0 Å². The first-order valence-electron chi connectivity index (χ1n) is 7.54. The van der Waals surface area contributed by atoms with Crippen LogP contribution in [0.2, 0.25) is 0 Å². The molecular formula is C15H34N2. The van der Waals surface area contributed by atoms with E-state index in [1.165, 1.54) is 25.8 Å². The lowest BCUT2D eigenvalue weighted by Crippen LogP contribution is -2.46. The summed E-state index contributed by atoms with van der Waals surface area (Å²) in [5.74, 6) is 0.723. The SMILES string of the molecule is CCCCN(C(C)CC)C(C)C(C)CNCC. The molecule has 0 rings (SSSR count). The maximum Gasteiger partial charge on any atom is 0.0107 e. The molecule has 0 aliphatic carbocycles. The quantitative estimate of drug-likeness (QED) is 0.630. The van der Waals surface area contributed by atoms with Crippen molar-refractivity contribution in [3.8, 4) is 0 Å². The molecule has 0 radical (unpaired) electrons. The Hall–Kier alpha value is -0.0800. The maximum atomic E-state index is 3.47. The van der Waals surface area contributed by atoms with Gasteiger partial charge in [0, 0.05) is 12.1 Å². The monoisotopic (exact) mass is 242 g/mol. The summed E-state index contributed by atoms with van der Waals surface area (Å²) >= 11 is 0. The van der Waals surface area contributed by atoms with Crippen molar-refractivity contribution >= 4 is 0 Å². The van der Waals surface area contributed by atoms with Crippen LogP contribution in [0.4, 0.5) is 0 Å². The summed E-state index contributed by atoms with van der Waals surface area (Å²) < 4.78 is 0. The molecular weight excluding hydrogens is 208 g/mol. The molecule has 2 heteroatoms. The molecule has 104 valence electrons. The van der Waals surface area contributed by atoms with Crippen LogP contribution in [-0.2, 0) is 0 Å². The first kappa shape index (κ1) is 16.9. The summed E-state index contributed by atoms with van der Waals surface area (Å²) in [7, 11) is 0. The molecule has 0 spiro atoms. The van der Waals surface area contributed by atoms with Crippen molar-refractivity contribution in [2.24, 2.45) is 5.92 Å². The summed E-state index contributed by atoms with van der Waals surface area (Å²) in [5, 5.41) is 3.47. The smallest absolute Gasteiger partial charge is 0.0107 e. The topological polar surface area (TPSA) is 15.3 Å². The van der Waals surface area contributed by atoms with E-state index in [1.54, 1.807) is 0 Å². The predicted octanol–water partition coefficient (Wildman–Crippen LogP) is 3.52. The highest BCUT2D eigenvalue weighted by Crippen LogP contribution is 2.16. The Morgan fingerprint density at radius 3 is 2.18 bits per heavy atom. The first-order valence-corrected chi connectivity index (χ1v) is 7.54. The van der Waals surface area contributed by atoms with Crippen LogP contribution in [-0.4, -0.2) is 36.6 Å². The number of unbranched alkanes of at least 4 members (excludes halogenated alkanes) is 1. The number of hydrogen-bond acceptors (Lipinski definition) is 2. The second-order valence-electron chi connectivity index (χ2n) is 5.37. The highest BCUT2D eigenvalue weighted by atomic mass is 15.2. The Kier molecular flexibility index (Phi) is 9.85. The lowest BCUT2D eigenvalue weighted by molar-refractivity contribution is 0.110. The second kappa shape index (κ2) is 9.90. The van der Waals surface area contributed by atoms with E-state index in [-0.39, 0.29) is 0 Å². The van der Waals surface area contributed by atoms with Crippen molar-refractivity contribution in [1.29, 1.82) is 0 Å². The third kappa shape index (κ3) is 6.42. The third-order valence-electron chi connectivity index (χ3n) is 3.99. The largest absolute Gasteiger partial charge is 0.317 e. The molecule has 0 aromatic carbocycles. The minimum Gasteiger partial charge on any atom is -0.317 e. The number of nitrogens with zero attached hydrogens (tertiary/aromatic N) is 1. The highest BCUT2D eigenvalue weighted by Gasteiger charge is 2.22. The second-order valence-corrected chi connectivity index (χ2v) is 5.37. The van der Waals surface area contributed by atoms with Crippen LogP contribution in [0.15, 0.2) is 0 Å². The lowest BCUT2D eigenvalue weighted by Gasteiger charge is -2.37. The van der Waals surface area contributed by atoms with Crippen LogP contribution >= 0.6 is 0 Å². The summed E-state index contributed by atoms with van der Waals surface area (Å²) in [6, 6.07) is 1.39. The molecule has 0 aliphatic rings. The molecule has 0 saturated heterocycles. The fourth-order valence-electron chi connectivity index (χ4n) is 2.27. The Bertz CT molecular complexity index is 170. The number of nitrogens with one attached hydrogen (secondary N) is 1. The molecule has 1 N–H and O–H groups in total. The van der Waals surface area contributed by atoms with E-state index in [2.05, 4.69) is 51.8 Å². The van der Waals surface area contributed by atoms with Crippen LogP contribution < -0.4 is 5.32 Å². The first-order chi connectivity index (χ1) is 8.08. The van der Waals surface area contributed by atoms with Gasteiger partial charge in [-0.25, -0.2) is 0 Å². The zero-order chi connectivity index (χ0) is 13.3. The molecule has 2 nitrogen and oxygen atoms in total. The van der Waals surface area contributed by atoms with E-state index in [4.69, 9.17) is 0 Å². The van der Waals surface area contributed by atoms with Crippen molar-refractivity contribution in [3.63, 3.8) is 0 Å². The zero-order valence-corrected chi connectivity index (χ0v) is 12.9. The van der Waals surface area contributed by atoms with E-state index < -0.39 is 0 Å². The molecule has 3 atom stereocenters. The van der Waals surface area contributed by atoms with Gasteiger partial charge >= 0.3 is 0 Å². The number of hydrogen-bond donors (Lipinski definition) is 1. The maximum absolute atomic E-state index is 3.47. The Morgan fingerprint density at radius 2 is 1.71 bits per heavy atom. The van der Waals surface area contributed by atoms with Crippen molar-refractivity contribution in [3.05, 3.63) is 0 Å². The minimum absolute atomic E-state index is 0.676. The van der Waals surface area contributed by atoms with Crippen LogP contribution in [0, 0.1) is 5.92 Å². The standard InChI is InChI=1S/C15H34N2/c1-7-10-11-17(14(5)8-2)15(6)13(4)12-16-9-3/h13-16H,7-12H2,1-6H3. The molecule has 0 fully saturated rings. The van der Waals surface area contributed by atoms with Gasteiger partial charge in [0.25, 0.3) is 0 Å². The molecule has 0 amide bonds. The van der Waals surface area contributed by atoms with Crippen molar-refractivity contribution < 1.29 is 0 Å². The van der Waals surface area contributed by atoms with Crippen molar-refractivity contribution in [1.82, 2.24) is 10.2 Å². The average molecular weight is 242 g/mol. The fourth-order valence-corrected chi connectivity index (χ4v) is 2.27. The van der Waals surface area contributed by atoms with Crippen LogP contribution in [0.1, 0.15) is 60.8 Å². The highest BCUT2D eigenvalue weighted by molar-refractivity contribution is 4.78. The Labute approximate surface area is 109 Å². The van der Waals surface area contributed by atoms with E-state index in [9.17, 15) is 0 Å². The predicted molar refractivity (Wildman–Crippen MR) is 78.5 cm³/mol. The van der Waals surface area contributed by atoms with Gasteiger partial charge in [-0.15, -0.1) is 0 Å². The van der Waals surface area contributed by atoms with E-state index in [1.807, 2.05) is 0 Å². The molecule has 3 unspecified atom stereocenters. The van der Waals surface area contributed by atoms with Crippen molar-refractivity contribution in [2.75, 3.05) is 19.6 Å². The molecule has 0 saturated carbocycles. The summed E-state index contributed by atoms with van der Waals surface area (Å²) in [5.41, 5.74) is 0. The average Bonchev–Trinajstić information content (AvgIpc) is 2.35. The summed E-state index contributed by atoms with van der Waals surface area (Å²) in [6.07, 6.45) is 3.87. The van der Waals surface area contributed by atoms with Gasteiger partial charge in [-0.05, 0) is 52.2 Å². The van der Waals surface area contributed by atoms with Crippen molar-refractivity contribution in [2.45, 2.75) is 72.9 Å². The van der Waals surface area contributed by atoms with Crippen LogP contribution in [0.3, 0.4) is 0 Å². The van der Waals surface area contributed by atoms with E-state index in [0.29, 0.717) is 12.1 Å². The number of rotatable bonds is 10. The van der Waals surface area contributed by atoms with Gasteiger partial charge in [0.1, 0.15) is 0 Å².